The summed E-state index contributed by atoms with van der Waals surface area (Å²) in [6, 6.07) is 16.0. The molecule has 0 unspecified atom stereocenters. The lowest BCUT2D eigenvalue weighted by Crippen LogP contribution is -2.29. The first-order valence-electron chi connectivity index (χ1n) is 9.51. The van der Waals surface area contributed by atoms with E-state index in [1.807, 2.05) is 12.3 Å². The second-order valence-corrected chi connectivity index (χ2v) is 7.10. The fourth-order valence-corrected chi connectivity index (χ4v) is 3.95. The number of carboxylic acids is 1. The summed E-state index contributed by atoms with van der Waals surface area (Å²) in [5.41, 5.74) is 5.16. The third kappa shape index (κ3) is 3.81. The van der Waals surface area contributed by atoms with Crippen LogP contribution in [0, 0.1) is 0 Å². The zero-order chi connectivity index (χ0) is 18.6. The Morgan fingerprint density at radius 2 is 1.96 bits per heavy atom. The Labute approximate surface area is 159 Å². The molecule has 0 bridgehead atoms. The van der Waals surface area contributed by atoms with Crippen LogP contribution >= 0.6 is 0 Å². The van der Waals surface area contributed by atoms with Gasteiger partial charge in [0.05, 0.1) is 5.56 Å². The summed E-state index contributed by atoms with van der Waals surface area (Å²) >= 11 is 0. The molecule has 4 rings (SSSR count). The lowest BCUT2D eigenvalue weighted by atomic mass is 9.99. The maximum Gasteiger partial charge on any atom is 0.336 e. The van der Waals surface area contributed by atoms with Crippen LogP contribution in [0.2, 0.25) is 0 Å². The number of nitrogens with zero attached hydrogens (tertiary/aromatic N) is 1. The Hall–Kier alpha value is -2.85. The van der Waals surface area contributed by atoms with Gasteiger partial charge >= 0.3 is 5.97 Å². The van der Waals surface area contributed by atoms with Crippen LogP contribution in [0.3, 0.4) is 0 Å². The lowest BCUT2D eigenvalue weighted by Gasteiger charge is -2.26. The van der Waals surface area contributed by atoms with Crippen LogP contribution in [-0.2, 0) is 6.42 Å². The van der Waals surface area contributed by atoms with E-state index in [1.165, 1.54) is 11.1 Å². The minimum Gasteiger partial charge on any atom is -0.478 e. The van der Waals surface area contributed by atoms with E-state index in [1.54, 1.807) is 12.1 Å². The van der Waals surface area contributed by atoms with E-state index >= 15 is 0 Å². The molecule has 0 saturated carbocycles. The molecule has 0 amide bonds. The summed E-state index contributed by atoms with van der Waals surface area (Å²) in [4.78, 5) is 17.2. The standard InChI is InChI=1S/C23H24N2O2/c26-23(27)20-9-4-10-21-22(20)19(16-24-21)8-5-13-25-14-11-18(12-15-25)17-6-2-1-3-7-17/h1-4,6-7,9-11,16,24H,5,8,12-15H2,(H,26,27). The number of rotatable bonds is 6. The number of hydrogen-bond acceptors (Lipinski definition) is 2. The zero-order valence-electron chi connectivity index (χ0n) is 15.3. The molecule has 4 heteroatoms. The van der Waals surface area contributed by atoms with Gasteiger partial charge in [0.15, 0.2) is 0 Å². The highest BCUT2D eigenvalue weighted by molar-refractivity contribution is 6.04. The minimum absolute atomic E-state index is 0.386. The fourth-order valence-electron chi connectivity index (χ4n) is 3.95. The molecule has 1 aliphatic heterocycles. The molecule has 3 aromatic rings. The number of carboxylic acid groups (broad SMARTS) is 1. The van der Waals surface area contributed by atoms with Crippen molar-refractivity contribution < 1.29 is 9.90 Å². The smallest absolute Gasteiger partial charge is 0.336 e. The van der Waals surface area contributed by atoms with Gasteiger partial charge < -0.3 is 10.1 Å². The Morgan fingerprint density at radius 1 is 1.11 bits per heavy atom. The Kier molecular flexibility index (Phi) is 5.07. The second kappa shape index (κ2) is 7.80. The number of carbonyl (C=O) groups is 1. The van der Waals surface area contributed by atoms with Crippen molar-refractivity contribution >= 4 is 22.4 Å². The summed E-state index contributed by atoms with van der Waals surface area (Å²) in [5.74, 6) is -0.865. The summed E-state index contributed by atoms with van der Waals surface area (Å²) < 4.78 is 0. The minimum atomic E-state index is -0.865. The molecule has 27 heavy (non-hydrogen) atoms. The summed E-state index contributed by atoms with van der Waals surface area (Å²) in [6.45, 7) is 3.09. The van der Waals surface area contributed by atoms with Crippen molar-refractivity contribution in [1.29, 1.82) is 0 Å². The molecule has 0 aliphatic carbocycles. The van der Waals surface area contributed by atoms with Gasteiger partial charge in [-0.1, -0.05) is 42.5 Å². The number of H-pyrrole nitrogens is 1. The van der Waals surface area contributed by atoms with Gasteiger partial charge in [0.25, 0.3) is 0 Å². The molecule has 0 saturated heterocycles. The maximum absolute atomic E-state index is 11.5. The third-order valence-corrected chi connectivity index (χ3v) is 5.38. The van der Waals surface area contributed by atoms with Crippen molar-refractivity contribution in [3.8, 4) is 0 Å². The van der Waals surface area contributed by atoms with Crippen molar-refractivity contribution in [3.05, 3.63) is 77.5 Å². The van der Waals surface area contributed by atoms with Gasteiger partial charge in [-0.25, -0.2) is 4.79 Å². The van der Waals surface area contributed by atoms with Gasteiger partial charge in [0.2, 0.25) is 0 Å². The number of aromatic amines is 1. The van der Waals surface area contributed by atoms with Gasteiger partial charge in [-0.3, -0.25) is 4.90 Å². The number of nitrogens with one attached hydrogen (secondary N) is 1. The number of aromatic nitrogens is 1. The number of aryl methyl sites for hydroxylation is 1. The Balaban J connectivity index is 1.37. The van der Waals surface area contributed by atoms with Gasteiger partial charge in [-0.2, -0.15) is 0 Å². The van der Waals surface area contributed by atoms with Crippen LogP contribution in [0.25, 0.3) is 16.5 Å². The molecule has 2 aromatic carbocycles. The molecule has 2 heterocycles. The summed E-state index contributed by atoms with van der Waals surface area (Å²) in [7, 11) is 0. The third-order valence-electron chi connectivity index (χ3n) is 5.38. The largest absolute Gasteiger partial charge is 0.478 e. The molecule has 0 spiro atoms. The van der Waals surface area contributed by atoms with Crippen LogP contribution in [0.5, 0.6) is 0 Å². The predicted octanol–water partition coefficient (Wildman–Crippen LogP) is 4.59. The normalized spacial score (nSPS) is 15.0. The van der Waals surface area contributed by atoms with Gasteiger partial charge in [-0.15, -0.1) is 0 Å². The Morgan fingerprint density at radius 3 is 2.70 bits per heavy atom. The van der Waals surface area contributed by atoms with Crippen LogP contribution < -0.4 is 0 Å². The molecule has 138 valence electrons. The fraction of sp³-hybridized carbons (Fsp3) is 0.261. The van der Waals surface area contributed by atoms with Gasteiger partial charge in [0, 0.05) is 30.2 Å². The topological polar surface area (TPSA) is 56.3 Å². The number of benzene rings is 2. The first kappa shape index (κ1) is 17.6. The highest BCUT2D eigenvalue weighted by atomic mass is 16.4. The monoisotopic (exact) mass is 360 g/mol. The van der Waals surface area contributed by atoms with Crippen molar-refractivity contribution in [2.24, 2.45) is 0 Å². The van der Waals surface area contributed by atoms with Gasteiger partial charge in [0.1, 0.15) is 0 Å². The first-order valence-corrected chi connectivity index (χ1v) is 9.51. The molecular formula is C23H24N2O2. The zero-order valence-corrected chi connectivity index (χ0v) is 15.3. The summed E-state index contributed by atoms with van der Waals surface area (Å²) in [5, 5.41) is 10.3. The Bertz CT molecular complexity index is 972. The van der Waals surface area contributed by atoms with E-state index in [-0.39, 0.29) is 0 Å². The maximum atomic E-state index is 11.5. The molecule has 0 fully saturated rings. The second-order valence-electron chi connectivity index (χ2n) is 7.10. The van der Waals surface area contributed by atoms with Crippen LogP contribution in [0.1, 0.15) is 34.3 Å². The lowest BCUT2D eigenvalue weighted by molar-refractivity contribution is 0.0699. The summed E-state index contributed by atoms with van der Waals surface area (Å²) in [6.07, 6.45) is 7.29. The van der Waals surface area contributed by atoms with Crippen LogP contribution in [0.4, 0.5) is 0 Å². The molecular weight excluding hydrogens is 336 g/mol. The quantitative estimate of drug-likeness (QED) is 0.676. The van der Waals surface area contributed by atoms with E-state index in [0.717, 1.165) is 55.4 Å². The number of hydrogen-bond donors (Lipinski definition) is 2. The van der Waals surface area contributed by atoms with E-state index in [4.69, 9.17) is 0 Å². The SMILES string of the molecule is O=C(O)c1cccc2[nH]cc(CCCN3CC=C(c4ccccc4)CC3)c12. The number of aromatic carboxylic acids is 1. The average molecular weight is 360 g/mol. The van der Waals surface area contributed by atoms with E-state index in [9.17, 15) is 9.90 Å². The van der Waals surface area contributed by atoms with E-state index in [0.29, 0.717) is 5.56 Å². The highest BCUT2D eigenvalue weighted by Crippen LogP contribution is 2.25. The first-order chi connectivity index (χ1) is 13.2. The van der Waals surface area contributed by atoms with E-state index < -0.39 is 5.97 Å². The van der Waals surface area contributed by atoms with Crippen LogP contribution in [0.15, 0.2) is 60.8 Å². The van der Waals surface area contributed by atoms with Crippen molar-refractivity contribution in [2.45, 2.75) is 19.3 Å². The molecule has 0 atom stereocenters. The molecule has 2 N–H and O–H groups in total. The average Bonchev–Trinajstić information content (AvgIpc) is 3.12. The molecule has 4 nitrogen and oxygen atoms in total. The van der Waals surface area contributed by atoms with Gasteiger partial charge in [-0.05, 0) is 54.6 Å². The van der Waals surface area contributed by atoms with Crippen LogP contribution in [-0.4, -0.2) is 40.6 Å². The van der Waals surface area contributed by atoms with E-state index in [2.05, 4.69) is 46.3 Å². The number of fused-ring (bicyclic) bond motifs is 1. The van der Waals surface area contributed by atoms with Crippen molar-refractivity contribution in [1.82, 2.24) is 9.88 Å². The molecule has 1 aliphatic rings. The molecule has 0 radical (unpaired) electrons. The van der Waals surface area contributed by atoms with Crippen molar-refractivity contribution in [2.75, 3.05) is 19.6 Å². The molecule has 1 aromatic heterocycles. The highest BCUT2D eigenvalue weighted by Gasteiger charge is 2.15. The predicted molar refractivity (Wildman–Crippen MR) is 109 cm³/mol. The van der Waals surface area contributed by atoms with Crippen molar-refractivity contribution in [3.63, 3.8) is 0 Å².